The number of halogens is 2. The number of aromatic amines is 1. The Balaban J connectivity index is 1.64. The van der Waals surface area contributed by atoms with Gasteiger partial charge in [0.05, 0.1) is 11.6 Å². The molecule has 4 nitrogen and oxygen atoms in total. The lowest BCUT2D eigenvalue weighted by atomic mass is 10.0. The molecule has 0 aliphatic carbocycles. The van der Waals surface area contributed by atoms with E-state index in [0.29, 0.717) is 22.2 Å². The molecule has 1 N–H and O–H groups in total. The summed E-state index contributed by atoms with van der Waals surface area (Å²) in [6, 6.07) is 13.1. The fourth-order valence-electron chi connectivity index (χ4n) is 2.80. The Morgan fingerprint density at radius 1 is 1.04 bits per heavy atom. The highest BCUT2D eigenvalue weighted by molar-refractivity contribution is 6.35. The quantitative estimate of drug-likeness (QED) is 0.491. The molecule has 3 rings (SSSR count). The lowest BCUT2D eigenvalue weighted by molar-refractivity contribution is 0.302. The Hall–Kier alpha value is -2.48. The van der Waals surface area contributed by atoms with Crippen molar-refractivity contribution in [1.29, 1.82) is 5.26 Å². The van der Waals surface area contributed by atoms with Gasteiger partial charge in [0.1, 0.15) is 18.2 Å². The Bertz CT molecular complexity index is 933. The first kappa shape index (κ1) is 19.3. The van der Waals surface area contributed by atoms with E-state index >= 15 is 0 Å². The Morgan fingerprint density at radius 3 is 2.59 bits per heavy atom. The minimum absolute atomic E-state index is 0.324. The predicted octanol–water partition coefficient (Wildman–Crippen LogP) is 5.73. The SMILES string of the molecule is N#Cc1ccc(CCCCc2ncc[nH]2)c(OCc2ccc(Cl)cc2Cl)c1. The molecule has 6 heteroatoms. The molecule has 0 saturated carbocycles. The van der Waals surface area contributed by atoms with Gasteiger partial charge in [-0.05, 0) is 49.1 Å². The number of nitrogens with zero attached hydrogens (tertiary/aromatic N) is 2. The largest absolute Gasteiger partial charge is 0.489 e. The van der Waals surface area contributed by atoms with Crippen molar-refractivity contribution >= 4 is 23.2 Å². The smallest absolute Gasteiger partial charge is 0.124 e. The van der Waals surface area contributed by atoms with E-state index in [-0.39, 0.29) is 0 Å². The summed E-state index contributed by atoms with van der Waals surface area (Å²) < 4.78 is 5.99. The maximum absolute atomic E-state index is 9.18. The molecule has 0 unspecified atom stereocenters. The lowest BCUT2D eigenvalue weighted by Gasteiger charge is -2.13. The zero-order valence-electron chi connectivity index (χ0n) is 14.7. The van der Waals surface area contributed by atoms with E-state index in [1.807, 2.05) is 24.4 Å². The van der Waals surface area contributed by atoms with Gasteiger partial charge in [-0.2, -0.15) is 5.26 Å². The standard InChI is InChI=1S/C21H19Cl2N3O/c22-18-8-7-17(19(23)12-18)14-27-20-11-15(13-24)5-6-16(20)3-1-2-4-21-25-9-10-26-21/h5-12H,1-4,14H2,(H,25,26). The predicted molar refractivity (Wildman–Crippen MR) is 107 cm³/mol. The first-order valence-corrected chi connectivity index (χ1v) is 9.49. The summed E-state index contributed by atoms with van der Waals surface area (Å²) in [5.41, 5.74) is 2.51. The summed E-state index contributed by atoms with van der Waals surface area (Å²) in [4.78, 5) is 7.36. The van der Waals surface area contributed by atoms with Gasteiger partial charge in [-0.25, -0.2) is 4.98 Å². The lowest BCUT2D eigenvalue weighted by Crippen LogP contribution is -2.01. The summed E-state index contributed by atoms with van der Waals surface area (Å²) in [6.07, 6.45) is 7.42. The van der Waals surface area contributed by atoms with E-state index < -0.39 is 0 Å². The molecule has 0 aliphatic rings. The van der Waals surface area contributed by atoms with Gasteiger partial charge in [0.2, 0.25) is 0 Å². The normalized spacial score (nSPS) is 10.6. The summed E-state index contributed by atoms with van der Waals surface area (Å²) in [7, 11) is 0. The number of aryl methyl sites for hydroxylation is 2. The third-order valence-electron chi connectivity index (χ3n) is 4.26. The third kappa shape index (κ3) is 5.50. The molecule has 0 bridgehead atoms. The van der Waals surface area contributed by atoms with Crippen LogP contribution in [0.1, 0.15) is 35.4 Å². The number of ether oxygens (including phenoxy) is 1. The van der Waals surface area contributed by atoms with E-state index in [9.17, 15) is 5.26 Å². The van der Waals surface area contributed by atoms with Crippen molar-refractivity contribution in [3.8, 4) is 11.8 Å². The minimum atomic E-state index is 0.324. The number of benzene rings is 2. The van der Waals surface area contributed by atoms with E-state index in [4.69, 9.17) is 27.9 Å². The van der Waals surface area contributed by atoms with Crippen molar-refractivity contribution in [3.05, 3.63) is 81.4 Å². The molecule has 0 aliphatic heterocycles. The number of nitrogens with one attached hydrogen (secondary N) is 1. The van der Waals surface area contributed by atoms with Gasteiger partial charge >= 0.3 is 0 Å². The fraction of sp³-hybridized carbons (Fsp3) is 0.238. The molecule has 27 heavy (non-hydrogen) atoms. The zero-order chi connectivity index (χ0) is 19.1. The van der Waals surface area contributed by atoms with Gasteiger partial charge < -0.3 is 9.72 Å². The Morgan fingerprint density at radius 2 is 1.85 bits per heavy atom. The number of imidazole rings is 1. The monoisotopic (exact) mass is 399 g/mol. The molecule has 138 valence electrons. The molecule has 2 aromatic carbocycles. The number of aromatic nitrogens is 2. The van der Waals surface area contributed by atoms with Gasteiger partial charge in [0.15, 0.2) is 0 Å². The molecular formula is C21H19Cl2N3O. The van der Waals surface area contributed by atoms with Crippen molar-refractivity contribution in [2.75, 3.05) is 0 Å². The maximum Gasteiger partial charge on any atom is 0.124 e. The Labute approximate surface area is 168 Å². The van der Waals surface area contributed by atoms with Crippen LogP contribution in [-0.2, 0) is 19.4 Å². The van der Waals surface area contributed by atoms with Gasteiger partial charge in [-0.15, -0.1) is 0 Å². The second-order valence-corrected chi connectivity index (χ2v) is 7.05. The maximum atomic E-state index is 9.18. The molecule has 0 radical (unpaired) electrons. The van der Waals surface area contributed by atoms with Crippen LogP contribution in [-0.4, -0.2) is 9.97 Å². The number of hydrogen-bond donors (Lipinski definition) is 1. The summed E-state index contributed by atoms with van der Waals surface area (Å²) >= 11 is 12.2. The molecule has 0 spiro atoms. The minimum Gasteiger partial charge on any atom is -0.489 e. The van der Waals surface area contributed by atoms with Crippen LogP contribution in [0.3, 0.4) is 0 Å². The van der Waals surface area contributed by atoms with E-state index in [2.05, 4.69) is 16.0 Å². The van der Waals surface area contributed by atoms with Gasteiger partial charge in [-0.3, -0.25) is 0 Å². The van der Waals surface area contributed by atoms with Gasteiger partial charge in [-0.1, -0.05) is 35.3 Å². The second-order valence-electron chi connectivity index (χ2n) is 6.20. The molecular weight excluding hydrogens is 381 g/mol. The summed E-state index contributed by atoms with van der Waals surface area (Å²) in [5.74, 6) is 1.72. The molecule has 1 aromatic heterocycles. The van der Waals surface area contributed by atoms with Crippen molar-refractivity contribution in [3.63, 3.8) is 0 Å². The summed E-state index contributed by atoms with van der Waals surface area (Å²) in [6.45, 7) is 0.324. The van der Waals surface area contributed by atoms with Crippen molar-refractivity contribution < 1.29 is 4.74 Å². The molecule has 0 fully saturated rings. The molecule has 0 amide bonds. The Kier molecular flexibility index (Phi) is 6.75. The number of H-pyrrole nitrogens is 1. The van der Waals surface area contributed by atoms with Gasteiger partial charge in [0, 0.05) is 34.4 Å². The number of nitriles is 1. The molecule has 3 aromatic rings. The van der Waals surface area contributed by atoms with Crippen LogP contribution in [0, 0.1) is 11.3 Å². The van der Waals surface area contributed by atoms with Crippen molar-refractivity contribution in [2.24, 2.45) is 0 Å². The van der Waals surface area contributed by atoms with Gasteiger partial charge in [0.25, 0.3) is 0 Å². The van der Waals surface area contributed by atoms with E-state index in [1.165, 1.54) is 0 Å². The third-order valence-corrected chi connectivity index (χ3v) is 4.85. The van der Waals surface area contributed by atoms with Crippen LogP contribution >= 0.6 is 23.2 Å². The van der Waals surface area contributed by atoms with Crippen LogP contribution in [0.4, 0.5) is 0 Å². The molecule has 0 atom stereocenters. The molecule has 1 heterocycles. The highest BCUT2D eigenvalue weighted by atomic mass is 35.5. The summed E-state index contributed by atoms with van der Waals surface area (Å²) in [5, 5.41) is 10.3. The average molecular weight is 400 g/mol. The average Bonchev–Trinajstić information content (AvgIpc) is 3.18. The van der Waals surface area contributed by atoms with Crippen LogP contribution < -0.4 is 4.74 Å². The van der Waals surface area contributed by atoms with E-state index in [0.717, 1.165) is 48.4 Å². The van der Waals surface area contributed by atoms with Crippen LogP contribution in [0.25, 0.3) is 0 Å². The fourth-order valence-corrected chi connectivity index (χ4v) is 3.26. The first-order chi connectivity index (χ1) is 13.2. The number of rotatable bonds is 8. The van der Waals surface area contributed by atoms with Crippen LogP contribution in [0.2, 0.25) is 10.0 Å². The molecule has 0 saturated heterocycles. The second kappa shape index (κ2) is 9.45. The number of unbranched alkanes of at least 4 members (excludes halogenated alkanes) is 1. The highest BCUT2D eigenvalue weighted by Gasteiger charge is 2.08. The highest BCUT2D eigenvalue weighted by Crippen LogP contribution is 2.26. The van der Waals surface area contributed by atoms with Crippen molar-refractivity contribution in [1.82, 2.24) is 9.97 Å². The van der Waals surface area contributed by atoms with Crippen molar-refractivity contribution in [2.45, 2.75) is 32.3 Å². The van der Waals surface area contributed by atoms with Crippen LogP contribution in [0.15, 0.2) is 48.8 Å². The first-order valence-electron chi connectivity index (χ1n) is 8.73. The number of hydrogen-bond acceptors (Lipinski definition) is 3. The van der Waals surface area contributed by atoms with E-state index in [1.54, 1.807) is 24.4 Å². The van der Waals surface area contributed by atoms with Crippen LogP contribution in [0.5, 0.6) is 5.75 Å². The zero-order valence-corrected chi connectivity index (χ0v) is 16.2. The topological polar surface area (TPSA) is 61.7 Å².